The second kappa shape index (κ2) is 10.4. The van der Waals surface area contributed by atoms with E-state index in [4.69, 9.17) is 4.74 Å². The molecule has 0 fully saturated rings. The minimum atomic E-state index is 0.395. The third-order valence-electron chi connectivity index (χ3n) is 2.90. The lowest BCUT2D eigenvalue weighted by molar-refractivity contribution is 0.0214. The highest BCUT2D eigenvalue weighted by Crippen LogP contribution is 2.10. The summed E-state index contributed by atoms with van der Waals surface area (Å²) in [4.78, 5) is 0. The molecule has 0 saturated carbocycles. The summed E-state index contributed by atoms with van der Waals surface area (Å²) >= 11 is 0. The van der Waals surface area contributed by atoms with Crippen molar-refractivity contribution in [1.82, 2.24) is 5.32 Å². The van der Waals surface area contributed by atoms with Crippen molar-refractivity contribution in [3.8, 4) is 0 Å². The number of likely N-dealkylation sites (N-methyl/N-ethyl adjacent to an activating group) is 1. The molecule has 0 rings (SSSR count). The Labute approximate surface area is 95.8 Å². The highest BCUT2D eigenvalue weighted by atomic mass is 16.5. The summed E-state index contributed by atoms with van der Waals surface area (Å²) in [5, 5.41) is 3.37. The zero-order valence-electron chi connectivity index (χ0n) is 11.0. The van der Waals surface area contributed by atoms with Gasteiger partial charge in [0.05, 0.1) is 6.10 Å². The van der Waals surface area contributed by atoms with Crippen LogP contribution in [0, 0.1) is 0 Å². The van der Waals surface area contributed by atoms with Gasteiger partial charge in [-0.15, -0.1) is 0 Å². The number of hydrogen-bond acceptors (Lipinski definition) is 2. The molecule has 2 heteroatoms. The van der Waals surface area contributed by atoms with Crippen LogP contribution >= 0.6 is 0 Å². The average Bonchev–Trinajstić information content (AvgIpc) is 2.27. The van der Waals surface area contributed by atoms with Gasteiger partial charge in [-0.3, -0.25) is 0 Å². The number of unbranched alkanes of at least 4 members (excludes halogenated alkanes) is 2. The van der Waals surface area contributed by atoms with Crippen molar-refractivity contribution in [2.75, 3.05) is 13.7 Å². The van der Waals surface area contributed by atoms with Crippen LogP contribution in [0.15, 0.2) is 0 Å². The first kappa shape index (κ1) is 14.9. The smallest absolute Gasteiger partial charge is 0.0725 e. The molecule has 0 bridgehead atoms. The third-order valence-corrected chi connectivity index (χ3v) is 2.90. The molecule has 0 heterocycles. The standard InChI is InChI=1S/C13H29NO/c1-5-8-9-11-15-13(7-3)12(14-4)10-6-2/h12-14H,5-11H2,1-4H3. The molecule has 2 nitrogen and oxygen atoms in total. The van der Waals surface area contributed by atoms with Gasteiger partial charge >= 0.3 is 0 Å². The van der Waals surface area contributed by atoms with Crippen LogP contribution in [0.4, 0.5) is 0 Å². The molecule has 0 aliphatic carbocycles. The van der Waals surface area contributed by atoms with Crippen LogP contribution in [0.3, 0.4) is 0 Å². The fourth-order valence-corrected chi connectivity index (χ4v) is 1.93. The quantitative estimate of drug-likeness (QED) is 0.564. The molecular formula is C13H29NO. The molecule has 0 saturated heterocycles. The van der Waals surface area contributed by atoms with Gasteiger partial charge in [-0.05, 0) is 26.3 Å². The van der Waals surface area contributed by atoms with Gasteiger partial charge in [-0.2, -0.15) is 0 Å². The lowest BCUT2D eigenvalue weighted by Crippen LogP contribution is -2.39. The van der Waals surface area contributed by atoms with Gasteiger partial charge in [0.15, 0.2) is 0 Å². The Morgan fingerprint density at radius 1 is 1.07 bits per heavy atom. The maximum Gasteiger partial charge on any atom is 0.0725 e. The van der Waals surface area contributed by atoms with E-state index in [9.17, 15) is 0 Å². The van der Waals surface area contributed by atoms with Crippen LogP contribution in [-0.4, -0.2) is 25.8 Å². The molecule has 0 spiro atoms. The van der Waals surface area contributed by atoms with Crippen molar-refractivity contribution in [1.29, 1.82) is 0 Å². The molecule has 1 N–H and O–H groups in total. The maximum atomic E-state index is 5.94. The summed E-state index contributed by atoms with van der Waals surface area (Å²) < 4.78 is 5.94. The normalized spacial score (nSPS) is 15.2. The minimum Gasteiger partial charge on any atom is -0.377 e. The largest absolute Gasteiger partial charge is 0.377 e. The predicted octanol–water partition coefficient (Wildman–Crippen LogP) is 3.36. The van der Waals surface area contributed by atoms with E-state index in [0.717, 1.165) is 13.0 Å². The molecule has 0 aromatic rings. The van der Waals surface area contributed by atoms with Gasteiger partial charge in [0.2, 0.25) is 0 Å². The number of hydrogen-bond donors (Lipinski definition) is 1. The Bertz CT molecular complexity index is 128. The number of nitrogens with one attached hydrogen (secondary N) is 1. The van der Waals surface area contributed by atoms with Crippen LogP contribution in [0.25, 0.3) is 0 Å². The monoisotopic (exact) mass is 215 g/mol. The zero-order valence-corrected chi connectivity index (χ0v) is 11.0. The highest BCUT2D eigenvalue weighted by Gasteiger charge is 2.17. The van der Waals surface area contributed by atoms with E-state index < -0.39 is 0 Å². The maximum absolute atomic E-state index is 5.94. The van der Waals surface area contributed by atoms with E-state index in [0.29, 0.717) is 12.1 Å². The summed E-state index contributed by atoms with van der Waals surface area (Å²) in [6.07, 6.45) is 7.70. The molecule has 0 aliphatic rings. The van der Waals surface area contributed by atoms with Crippen molar-refractivity contribution in [2.45, 2.75) is 71.4 Å². The van der Waals surface area contributed by atoms with Gasteiger partial charge < -0.3 is 10.1 Å². The highest BCUT2D eigenvalue weighted by molar-refractivity contribution is 4.74. The van der Waals surface area contributed by atoms with Crippen LogP contribution in [-0.2, 0) is 4.74 Å². The third kappa shape index (κ3) is 6.91. The summed E-state index contributed by atoms with van der Waals surface area (Å²) in [7, 11) is 2.04. The van der Waals surface area contributed by atoms with Gasteiger partial charge in [0, 0.05) is 12.6 Å². The SMILES string of the molecule is CCCCCOC(CC)C(CCC)NC. The Hall–Kier alpha value is -0.0800. The van der Waals surface area contributed by atoms with E-state index in [-0.39, 0.29) is 0 Å². The Morgan fingerprint density at radius 2 is 1.80 bits per heavy atom. The minimum absolute atomic E-state index is 0.395. The van der Waals surface area contributed by atoms with E-state index >= 15 is 0 Å². The van der Waals surface area contributed by atoms with Crippen molar-refractivity contribution < 1.29 is 4.74 Å². The fraction of sp³-hybridized carbons (Fsp3) is 1.00. The van der Waals surface area contributed by atoms with Crippen molar-refractivity contribution in [2.24, 2.45) is 0 Å². The van der Waals surface area contributed by atoms with Crippen LogP contribution in [0.2, 0.25) is 0 Å². The Kier molecular flexibility index (Phi) is 10.4. The Balaban J connectivity index is 3.76. The number of rotatable bonds is 10. The molecule has 2 atom stereocenters. The van der Waals surface area contributed by atoms with Gasteiger partial charge in [0.1, 0.15) is 0 Å². The topological polar surface area (TPSA) is 21.3 Å². The lowest BCUT2D eigenvalue weighted by Gasteiger charge is -2.26. The fourth-order valence-electron chi connectivity index (χ4n) is 1.93. The van der Waals surface area contributed by atoms with Crippen LogP contribution in [0.5, 0.6) is 0 Å². The summed E-state index contributed by atoms with van der Waals surface area (Å²) in [5.74, 6) is 0. The van der Waals surface area contributed by atoms with Gasteiger partial charge in [0.25, 0.3) is 0 Å². The van der Waals surface area contributed by atoms with E-state index in [1.165, 1.54) is 32.1 Å². The van der Waals surface area contributed by atoms with E-state index in [1.54, 1.807) is 0 Å². The molecule has 2 unspecified atom stereocenters. The molecule has 0 amide bonds. The van der Waals surface area contributed by atoms with Crippen LogP contribution < -0.4 is 5.32 Å². The van der Waals surface area contributed by atoms with Crippen molar-refractivity contribution >= 4 is 0 Å². The van der Waals surface area contributed by atoms with Gasteiger partial charge in [-0.25, -0.2) is 0 Å². The first-order chi connectivity index (χ1) is 7.29. The molecule has 0 aromatic carbocycles. The van der Waals surface area contributed by atoms with Crippen molar-refractivity contribution in [3.05, 3.63) is 0 Å². The first-order valence-electron chi connectivity index (χ1n) is 6.58. The van der Waals surface area contributed by atoms with E-state index in [2.05, 4.69) is 26.1 Å². The molecule has 0 radical (unpaired) electrons. The average molecular weight is 215 g/mol. The second-order valence-corrected chi connectivity index (χ2v) is 4.21. The van der Waals surface area contributed by atoms with Gasteiger partial charge in [-0.1, -0.05) is 40.0 Å². The summed E-state index contributed by atoms with van der Waals surface area (Å²) in [6, 6.07) is 0.529. The molecular weight excluding hydrogens is 186 g/mol. The van der Waals surface area contributed by atoms with Crippen molar-refractivity contribution in [3.63, 3.8) is 0 Å². The summed E-state index contributed by atoms with van der Waals surface area (Å²) in [5.41, 5.74) is 0. The molecule has 0 aliphatic heterocycles. The molecule has 92 valence electrons. The summed E-state index contributed by atoms with van der Waals surface area (Å²) in [6.45, 7) is 7.59. The molecule has 0 aromatic heterocycles. The lowest BCUT2D eigenvalue weighted by atomic mass is 10.0. The first-order valence-corrected chi connectivity index (χ1v) is 6.58. The van der Waals surface area contributed by atoms with Crippen LogP contribution in [0.1, 0.15) is 59.3 Å². The Morgan fingerprint density at radius 3 is 2.27 bits per heavy atom. The molecule has 15 heavy (non-hydrogen) atoms. The number of ether oxygens (including phenoxy) is 1. The zero-order chi connectivity index (χ0) is 11.5. The predicted molar refractivity (Wildman–Crippen MR) is 67.3 cm³/mol. The van der Waals surface area contributed by atoms with E-state index in [1.807, 2.05) is 7.05 Å². The second-order valence-electron chi connectivity index (χ2n) is 4.21.